The largest absolute Gasteiger partial charge is 0.335 e. The second-order valence-corrected chi connectivity index (χ2v) is 8.31. The molecule has 6 heteroatoms. The summed E-state index contributed by atoms with van der Waals surface area (Å²) in [6, 6.07) is 9.73. The van der Waals surface area contributed by atoms with E-state index in [1.54, 1.807) is 0 Å². The summed E-state index contributed by atoms with van der Waals surface area (Å²) in [7, 11) is 0. The van der Waals surface area contributed by atoms with Crippen molar-refractivity contribution in [3.05, 3.63) is 30.3 Å². The number of fused-ring (bicyclic) bond motifs is 2. The minimum absolute atomic E-state index is 0.0603. The van der Waals surface area contributed by atoms with E-state index in [1.807, 2.05) is 40.1 Å². The normalized spacial score (nSPS) is 25.8. The number of amides is 4. The zero-order valence-electron chi connectivity index (χ0n) is 15.9. The molecule has 3 aliphatic rings. The average molecular weight is 370 g/mol. The number of nitrogens with one attached hydrogen (secondary N) is 2. The minimum Gasteiger partial charge on any atom is -0.335 e. The lowest BCUT2D eigenvalue weighted by Gasteiger charge is -2.42. The first-order valence-corrected chi connectivity index (χ1v) is 10.3. The SMILES string of the molecule is O=C(Nc1ccccc1)N1CCC(NC(=O)N2CC3CCCC(C3)C2)CC1. The maximum atomic E-state index is 12.7. The van der Waals surface area contributed by atoms with Crippen molar-refractivity contribution in [3.63, 3.8) is 0 Å². The Balaban J connectivity index is 1.22. The number of hydrogen-bond acceptors (Lipinski definition) is 2. The maximum Gasteiger partial charge on any atom is 0.321 e. The van der Waals surface area contributed by atoms with Gasteiger partial charge in [-0.05, 0) is 56.1 Å². The highest BCUT2D eigenvalue weighted by molar-refractivity contribution is 5.89. The summed E-state index contributed by atoms with van der Waals surface area (Å²) in [5.41, 5.74) is 0.813. The summed E-state index contributed by atoms with van der Waals surface area (Å²) < 4.78 is 0. The van der Waals surface area contributed by atoms with Crippen molar-refractivity contribution < 1.29 is 9.59 Å². The number of hydrogen-bond donors (Lipinski definition) is 2. The van der Waals surface area contributed by atoms with E-state index in [-0.39, 0.29) is 18.1 Å². The van der Waals surface area contributed by atoms with Gasteiger partial charge in [0.05, 0.1) is 0 Å². The third-order valence-electron chi connectivity index (χ3n) is 6.27. The summed E-state index contributed by atoms with van der Waals surface area (Å²) in [6.07, 6.45) is 6.81. The number of piperidine rings is 2. The van der Waals surface area contributed by atoms with Crippen molar-refractivity contribution in [2.24, 2.45) is 11.8 Å². The van der Waals surface area contributed by atoms with Crippen LogP contribution in [-0.4, -0.2) is 54.1 Å². The fourth-order valence-corrected chi connectivity index (χ4v) is 4.81. The number of para-hydroxylation sites is 1. The Hall–Kier alpha value is -2.24. The molecule has 1 saturated carbocycles. The molecule has 1 aromatic carbocycles. The number of anilines is 1. The van der Waals surface area contributed by atoms with Crippen LogP contribution in [0.15, 0.2) is 30.3 Å². The topological polar surface area (TPSA) is 64.7 Å². The quantitative estimate of drug-likeness (QED) is 0.837. The van der Waals surface area contributed by atoms with Crippen molar-refractivity contribution in [3.8, 4) is 0 Å². The van der Waals surface area contributed by atoms with Crippen molar-refractivity contribution >= 4 is 17.7 Å². The lowest BCUT2D eigenvalue weighted by Crippen LogP contribution is -2.54. The molecule has 2 N–H and O–H groups in total. The Bertz CT molecular complexity index is 645. The highest BCUT2D eigenvalue weighted by Gasteiger charge is 2.33. The standard InChI is InChI=1S/C21H30N4O2/c26-20(22-18-7-2-1-3-8-18)24-11-9-19(10-12-24)23-21(27)25-14-16-5-4-6-17(13-16)15-25/h1-3,7-8,16-17,19H,4-6,9-15H2,(H,22,26)(H,23,27). The minimum atomic E-state index is -0.0603. The first kappa shape index (κ1) is 18.1. The van der Waals surface area contributed by atoms with E-state index < -0.39 is 0 Å². The lowest BCUT2D eigenvalue weighted by molar-refractivity contribution is 0.0994. The average Bonchev–Trinajstić information content (AvgIpc) is 2.69. The first-order chi connectivity index (χ1) is 13.2. The van der Waals surface area contributed by atoms with Crippen LogP contribution in [0.4, 0.5) is 15.3 Å². The summed E-state index contributed by atoms with van der Waals surface area (Å²) >= 11 is 0. The summed E-state index contributed by atoms with van der Waals surface area (Å²) in [6.45, 7) is 3.19. The van der Waals surface area contributed by atoms with Crippen molar-refractivity contribution in [2.75, 3.05) is 31.5 Å². The van der Waals surface area contributed by atoms with Gasteiger partial charge in [0.1, 0.15) is 0 Å². The predicted molar refractivity (Wildman–Crippen MR) is 106 cm³/mol. The van der Waals surface area contributed by atoms with E-state index in [0.717, 1.165) is 31.6 Å². The van der Waals surface area contributed by atoms with E-state index in [9.17, 15) is 9.59 Å². The van der Waals surface area contributed by atoms with Crippen LogP contribution in [0.5, 0.6) is 0 Å². The molecule has 2 heterocycles. The van der Waals surface area contributed by atoms with Crippen LogP contribution in [0.1, 0.15) is 38.5 Å². The van der Waals surface area contributed by atoms with Gasteiger partial charge in [0.2, 0.25) is 0 Å². The highest BCUT2D eigenvalue weighted by atomic mass is 16.2. The summed E-state index contributed by atoms with van der Waals surface area (Å²) in [4.78, 5) is 28.9. The molecule has 146 valence electrons. The van der Waals surface area contributed by atoms with Gasteiger partial charge in [0.15, 0.2) is 0 Å². The van der Waals surface area contributed by atoms with E-state index >= 15 is 0 Å². The van der Waals surface area contributed by atoms with Gasteiger partial charge in [0, 0.05) is 37.9 Å². The molecule has 1 aromatic rings. The molecule has 6 nitrogen and oxygen atoms in total. The predicted octanol–water partition coefficient (Wildman–Crippen LogP) is 3.51. The molecular formula is C21H30N4O2. The van der Waals surface area contributed by atoms with E-state index in [2.05, 4.69) is 10.6 Å². The van der Waals surface area contributed by atoms with Crippen LogP contribution in [0, 0.1) is 11.8 Å². The molecule has 0 spiro atoms. The number of carbonyl (C=O) groups excluding carboxylic acids is 2. The fraction of sp³-hybridized carbons (Fsp3) is 0.619. The number of carbonyl (C=O) groups is 2. The molecule has 0 aromatic heterocycles. The number of urea groups is 2. The number of nitrogens with zero attached hydrogens (tertiary/aromatic N) is 2. The molecule has 3 fully saturated rings. The van der Waals surface area contributed by atoms with Crippen molar-refractivity contribution in [1.29, 1.82) is 0 Å². The van der Waals surface area contributed by atoms with Gasteiger partial charge < -0.3 is 20.4 Å². The molecule has 2 saturated heterocycles. The monoisotopic (exact) mass is 370 g/mol. The van der Waals surface area contributed by atoms with Crippen LogP contribution in [0.3, 0.4) is 0 Å². The van der Waals surface area contributed by atoms with Crippen LogP contribution in [0.2, 0.25) is 0 Å². The van der Waals surface area contributed by atoms with Gasteiger partial charge in [0.25, 0.3) is 0 Å². The van der Waals surface area contributed by atoms with E-state index in [0.29, 0.717) is 24.9 Å². The number of rotatable bonds is 2. The molecule has 27 heavy (non-hydrogen) atoms. The Morgan fingerprint density at radius 3 is 2.19 bits per heavy atom. The molecule has 2 atom stereocenters. The maximum absolute atomic E-state index is 12.7. The Kier molecular flexibility index (Phi) is 5.50. The van der Waals surface area contributed by atoms with Gasteiger partial charge in [-0.2, -0.15) is 0 Å². The molecule has 1 aliphatic carbocycles. The van der Waals surface area contributed by atoms with Crippen LogP contribution < -0.4 is 10.6 Å². The zero-order chi connectivity index (χ0) is 18.6. The molecule has 2 aliphatic heterocycles. The van der Waals surface area contributed by atoms with Crippen molar-refractivity contribution in [1.82, 2.24) is 15.1 Å². The molecule has 2 unspecified atom stereocenters. The van der Waals surface area contributed by atoms with E-state index in [4.69, 9.17) is 0 Å². The van der Waals surface area contributed by atoms with Gasteiger partial charge in [-0.1, -0.05) is 24.6 Å². The molecular weight excluding hydrogens is 340 g/mol. The van der Waals surface area contributed by atoms with Gasteiger partial charge in [-0.3, -0.25) is 0 Å². The molecule has 4 rings (SSSR count). The lowest BCUT2D eigenvalue weighted by atomic mass is 9.78. The molecule has 2 bridgehead atoms. The van der Waals surface area contributed by atoms with Gasteiger partial charge in [-0.15, -0.1) is 0 Å². The number of likely N-dealkylation sites (tertiary alicyclic amines) is 2. The third kappa shape index (κ3) is 4.54. The number of benzene rings is 1. The fourth-order valence-electron chi connectivity index (χ4n) is 4.81. The summed E-state index contributed by atoms with van der Waals surface area (Å²) in [5.74, 6) is 1.40. The van der Waals surface area contributed by atoms with E-state index in [1.165, 1.54) is 25.7 Å². The van der Waals surface area contributed by atoms with Gasteiger partial charge >= 0.3 is 12.1 Å². The zero-order valence-corrected chi connectivity index (χ0v) is 15.9. The smallest absolute Gasteiger partial charge is 0.321 e. The molecule has 0 radical (unpaired) electrons. The van der Waals surface area contributed by atoms with Crippen LogP contribution in [0.25, 0.3) is 0 Å². The summed E-state index contributed by atoms with van der Waals surface area (Å²) in [5, 5.41) is 6.15. The van der Waals surface area contributed by atoms with Gasteiger partial charge in [-0.25, -0.2) is 9.59 Å². The third-order valence-corrected chi connectivity index (χ3v) is 6.27. The van der Waals surface area contributed by atoms with Crippen LogP contribution >= 0.6 is 0 Å². The highest BCUT2D eigenvalue weighted by Crippen LogP contribution is 2.34. The Labute approximate surface area is 161 Å². The van der Waals surface area contributed by atoms with Crippen molar-refractivity contribution in [2.45, 2.75) is 44.6 Å². The Morgan fingerprint density at radius 2 is 1.52 bits per heavy atom. The molecule has 4 amide bonds. The van der Waals surface area contributed by atoms with Crippen LogP contribution in [-0.2, 0) is 0 Å². The second kappa shape index (κ2) is 8.19. The Morgan fingerprint density at radius 1 is 0.852 bits per heavy atom. The second-order valence-electron chi connectivity index (χ2n) is 8.31. The first-order valence-electron chi connectivity index (χ1n) is 10.3.